The predicted molar refractivity (Wildman–Crippen MR) is 182 cm³/mol. The van der Waals surface area contributed by atoms with E-state index in [1.165, 1.54) is 36.5 Å². The van der Waals surface area contributed by atoms with E-state index >= 15 is 0 Å². The molecule has 4 unspecified atom stereocenters. The summed E-state index contributed by atoms with van der Waals surface area (Å²) < 4.78 is 72.6. The maximum Gasteiger partial charge on any atom is 0.490 e. The third-order valence-electron chi connectivity index (χ3n) is 7.08. The van der Waals surface area contributed by atoms with Gasteiger partial charge >= 0.3 is 41.2 Å². The molecule has 1 saturated heterocycles. The maximum atomic E-state index is 13.0. The summed E-state index contributed by atoms with van der Waals surface area (Å²) in [6.07, 6.45) is -3.72. The van der Waals surface area contributed by atoms with Gasteiger partial charge in [-0.2, -0.15) is 13.6 Å². The Hall–Kier alpha value is -4.35. The Balaban J connectivity index is 1.22. The van der Waals surface area contributed by atoms with Crippen LogP contribution in [0.3, 0.4) is 0 Å². The molecule has 1 amide bonds. The van der Waals surface area contributed by atoms with Crippen LogP contribution in [0.5, 0.6) is 0 Å². The van der Waals surface area contributed by atoms with Crippen LogP contribution >= 0.6 is 23.5 Å². The van der Waals surface area contributed by atoms with Crippen molar-refractivity contribution >= 4 is 41.3 Å². The van der Waals surface area contributed by atoms with Gasteiger partial charge in [0.15, 0.2) is 0 Å². The van der Waals surface area contributed by atoms with Gasteiger partial charge in [-0.25, -0.2) is 28.1 Å². The molecular formula is C31H32N3O16P3. The highest BCUT2D eigenvalue weighted by molar-refractivity contribution is 7.66. The lowest BCUT2D eigenvalue weighted by atomic mass is 10.1. The Morgan fingerprint density at radius 1 is 0.792 bits per heavy atom. The number of benzene rings is 3. The van der Waals surface area contributed by atoms with Gasteiger partial charge in [-0.3, -0.25) is 18.9 Å². The Morgan fingerprint density at radius 2 is 1.36 bits per heavy atom. The van der Waals surface area contributed by atoms with E-state index in [0.717, 1.165) is 10.1 Å². The Kier molecular flexibility index (Phi) is 13.3. The van der Waals surface area contributed by atoms with Gasteiger partial charge in [0, 0.05) is 12.6 Å². The molecule has 3 aromatic carbocycles. The number of nitrogens with zero attached hydrogens (tertiary/aromatic N) is 2. The highest BCUT2D eigenvalue weighted by Gasteiger charge is 2.45. The SMILES string of the molecule is O=C(Nc1ccn([C@H]2CC(OC(=O)c3ccccc3)[C@@H](COP(=O)(O)OP(=O)(O)OP(=O)(O)OCc3ccccc3)O2)c(=O)n1)OCc1ccccc1. The number of phosphoric ester groups is 2. The summed E-state index contributed by atoms with van der Waals surface area (Å²) in [4.78, 5) is 71.9. The minimum Gasteiger partial charge on any atom is -0.456 e. The van der Waals surface area contributed by atoms with Crippen molar-refractivity contribution in [3.63, 3.8) is 0 Å². The zero-order valence-corrected chi connectivity index (χ0v) is 29.9. The molecule has 53 heavy (non-hydrogen) atoms. The van der Waals surface area contributed by atoms with Crippen molar-refractivity contribution in [1.29, 1.82) is 0 Å². The first-order valence-corrected chi connectivity index (χ1v) is 19.9. The molecule has 282 valence electrons. The monoisotopic (exact) mass is 795 g/mol. The van der Waals surface area contributed by atoms with Crippen LogP contribution in [-0.2, 0) is 58.8 Å². The number of esters is 1. The Bertz CT molecular complexity index is 2070. The average Bonchev–Trinajstić information content (AvgIpc) is 3.51. The number of nitrogens with one attached hydrogen (secondary N) is 1. The van der Waals surface area contributed by atoms with Crippen molar-refractivity contribution in [2.24, 2.45) is 0 Å². The number of anilines is 1. The molecule has 1 aliphatic rings. The largest absolute Gasteiger partial charge is 0.490 e. The van der Waals surface area contributed by atoms with Gasteiger partial charge in [-0.05, 0) is 29.3 Å². The summed E-state index contributed by atoms with van der Waals surface area (Å²) in [5.74, 6) is -0.976. The highest BCUT2D eigenvalue weighted by Crippen LogP contribution is 2.68. The van der Waals surface area contributed by atoms with Crippen molar-refractivity contribution in [2.45, 2.75) is 38.1 Å². The Morgan fingerprint density at radius 3 is 1.96 bits per heavy atom. The number of amides is 1. The molecule has 0 spiro atoms. The lowest BCUT2D eigenvalue weighted by Gasteiger charge is -2.21. The molecule has 0 aliphatic carbocycles. The van der Waals surface area contributed by atoms with Crippen molar-refractivity contribution in [2.75, 3.05) is 11.9 Å². The summed E-state index contributed by atoms with van der Waals surface area (Å²) >= 11 is 0. The van der Waals surface area contributed by atoms with Crippen molar-refractivity contribution < 1.29 is 69.8 Å². The van der Waals surface area contributed by atoms with E-state index in [0.29, 0.717) is 5.56 Å². The number of ether oxygens (including phenoxy) is 3. The second-order valence-corrected chi connectivity index (χ2v) is 15.6. The first-order chi connectivity index (χ1) is 25.2. The molecule has 1 aromatic heterocycles. The second-order valence-electron chi connectivity index (χ2n) is 11.0. The molecule has 1 aliphatic heterocycles. The molecular weight excluding hydrogens is 763 g/mol. The summed E-state index contributed by atoms with van der Waals surface area (Å²) in [7, 11) is -16.7. The van der Waals surface area contributed by atoms with E-state index in [1.807, 2.05) is 0 Å². The molecule has 22 heteroatoms. The van der Waals surface area contributed by atoms with Gasteiger partial charge in [0.1, 0.15) is 30.9 Å². The summed E-state index contributed by atoms with van der Waals surface area (Å²) in [6, 6.07) is 25.8. The van der Waals surface area contributed by atoms with Crippen LogP contribution in [-0.4, -0.2) is 55.1 Å². The van der Waals surface area contributed by atoms with Crippen molar-refractivity contribution in [1.82, 2.24) is 9.55 Å². The number of aromatic nitrogens is 2. The zero-order valence-electron chi connectivity index (χ0n) is 27.3. The number of carbonyl (C=O) groups is 2. The highest BCUT2D eigenvalue weighted by atomic mass is 31.3. The van der Waals surface area contributed by atoms with E-state index in [4.69, 9.17) is 18.7 Å². The number of carbonyl (C=O) groups excluding carboxylic acids is 2. The van der Waals surface area contributed by atoms with Crippen LogP contribution < -0.4 is 11.0 Å². The summed E-state index contributed by atoms with van der Waals surface area (Å²) in [5.41, 5.74) is 0.357. The van der Waals surface area contributed by atoms with Crippen LogP contribution in [0.25, 0.3) is 0 Å². The van der Waals surface area contributed by atoms with Crippen LogP contribution in [0, 0.1) is 0 Å². The predicted octanol–water partition coefficient (Wildman–Crippen LogP) is 5.07. The number of phosphoric acid groups is 3. The Labute approximate surface area is 300 Å². The maximum absolute atomic E-state index is 13.0. The fourth-order valence-electron chi connectivity index (χ4n) is 4.71. The standard InChI is InChI=1S/C31H32N3O16P3/c35-29(24-14-8-3-9-15-24)48-25-18-28(34-17-16-27(32-30(34)36)33-31(37)44-19-22-10-4-1-5-11-22)47-26(25)21-46-52(40,41)50-53(42,43)49-51(38,39)45-20-23-12-6-2-7-13-23/h1-17,25-26,28H,18-21H2,(H,38,39)(H,40,41)(H,42,43)(H,32,33,36,37)/t25?,26-,28-/m1/s1. The zero-order chi connectivity index (χ0) is 38.1. The van der Waals surface area contributed by atoms with Crippen LogP contribution in [0.15, 0.2) is 108 Å². The molecule has 0 saturated carbocycles. The molecule has 0 bridgehead atoms. The van der Waals surface area contributed by atoms with Crippen LogP contribution in [0.1, 0.15) is 34.1 Å². The molecule has 4 aromatic rings. The quantitative estimate of drug-likeness (QED) is 0.0852. The third-order valence-corrected chi connectivity index (χ3v) is 11.3. The topological polar surface area (TPSA) is 258 Å². The molecule has 1 fully saturated rings. The van der Waals surface area contributed by atoms with E-state index in [-0.39, 0.29) is 24.4 Å². The van der Waals surface area contributed by atoms with E-state index in [9.17, 15) is 42.8 Å². The first-order valence-electron chi connectivity index (χ1n) is 15.4. The van der Waals surface area contributed by atoms with Gasteiger partial charge in [0.25, 0.3) is 0 Å². The van der Waals surface area contributed by atoms with Gasteiger partial charge in [-0.1, -0.05) is 78.9 Å². The van der Waals surface area contributed by atoms with Gasteiger partial charge in [0.2, 0.25) is 0 Å². The number of rotatable bonds is 16. The average molecular weight is 796 g/mol. The van der Waals surface area contributed by atoms with Crippen LogP contribution in [0.2, 0.25) is 0 Å². The first kappa shape index (κ1) is 39.8. The van der Waals surface area contributed by atoms with Crippen molar-refractivity contribution in [3.8, 4) is 0 Å². The smallest absolute Gasteiger partial charge is 0.456 e. The minimum absolute atomic E-state index is 0.0354. The second kappa shape index (κ2) is 17.6. The van der Waals surface area contributed by atoms with Crippen LogP contribution in [0.4, 0.5) is 10.6 Å². The summed E-state index contributed by atoms with van der Waals surface area (Å²) in [5, 5.41) is 2.33. The van der Waals surface area contributed by atoms with E-state index in [1.54, 1.807) is 66.7 Å². The summed E-state index contributed by atoms with van der Waals surface area (Å²) in [6.45, 7) is -1.50. The molecule has 0 radical (unpaired) electrons. The number of hydrogen-bond acceptors (Lipinski definition) is 14. The molecule has 6 atom stereocenters. The van der Waals surface area contributed by atoms with Gasteiger partial charge < -0.3 is 28.9 Å². The van der Waals surface area contributed by atoms with E-state index < -0.39 is 72.9 Å². The molecule has 19 nitrogen and oxygen atoms in total. The third kappa shape index (κ3) is 12.4. The van der Waals surface area contributed by atoms with Gasteiger partial charge in [-0.15, -0.1) is 0 Å². The fourth-order valence-corrected chi connectivity index (χ4v) is 8.21. The van der Waals surface area contributed by atoms with Gasteiger partial charge in [0.05, 0.1) is 18.8 Å². The lowest BCUT2D eigenvalue weighted by Crippen LogP contribution is -2.31. The number of hydrogen-bond donors (Lipinski definition) is 4. The van der Waals surface area contributed by atoms with Crippen molar-refractivity contribution in [3.05, 3.63) is 130 Å². The normalized spacial score (nSPS) is 20.3. The fraction of sp³-hybridized carbons (Fsp3) is 0.226. The molecule has 5 rings (SSSR count). The molecule has 2 heterocycles. The minimum atomic E-state index is -5.79. The lowest BCUT2D eigenvalue weighted by molar-refractivity contribution is -0.0511. The molecule has 4 N–H and O–H groups in total. The van der Waals surface area contributed by atoms with E-state index in [2.05, 4.69) is 23.4 Å².